The van der Waals surface area contributed by atoms with E-state index >= 15 is 0 Å². The van der Waals surface area contributed by atoms with Gasteiger partial charge in [-0.05, 0) is 26.3 Å². The minimum Gasteiger partial charge on any atom is -0.290 e. The fourth-order valence-corrected chi connectivity index (χ4v) is 0.772. The number of unbranched alkanes of at least 4 members (excludes halogenated alkanes) is 1. The summed E-state index contributed by atoms with van der Waals surface area (Å²) < 4.78 is 0. The van der Waals surface area contributed by atoms with Gasteiger partial charge in [-0.2, -0.15) is 0 Å². The molecule has 1 heteroatoms. The minimum atomic E-state index is 0.961. The van der Waals surface area contributed by atoms with Gasteiger partial charge in [-0.25, -0.2) is 0 Å². The van der Waals surface area contributed by atoms with Crippen LogP contribution in [0.2, 0.25) is 0 Å². The molecule has 0 aromatic heterocycles. The van der Waals surface area contributed by atoms with Gasteiger partial charge in [0.25, 0.3) is 0 Å². The minimum absolute atomic E-state index is 0.961. The zero-order valence-corrected chi connectivity index (χ0v) is 8.38. The molecule has 0 aromatic carbocycles. The molecular formula is C11H19N. The van der Waals surface area contributed by atoms with Crippen molar-refractivity contribution in [3.05, 3.63) is 24.3 Å². The van der Waals surface area contributed by atoms with Crippen LogP contribution in [0, 0.1) is 0 Å². The van der Waals surface area contributed by atoms with Crippen molar-refractivity contribution < 1.29 is 0 Å². The Balaban J connectivity index is 3.69. The maximum absolute atomic E-state index is 4.38. The van der Waals surface area contributed by atoms with Crippen molar-refractivity contribution >= 4 is 5.71 Å². The summed E-state index contributed by atoms with van der Waals surface area (Å²) in [6.07, 6.45) is 10.5. The third kappa shape index (κ3) is 7.26. The fraction of sp³-hybridized carbons (Fsp3) is 0.545. The zero-order valence-electron chi connectivity index (χ0n) is 8.38. The molecule has 0 rings (SSSR count). The number of hydrogen-bond acceptors (Lipinski definition) is 1. The van der Waals surface area contributed by atoms with Crippen LogP contribution >= 0.6 is 0 Å². The lowest BCUT2D eigenvalue weighted by Crippen LogP contribution is -1.87. The van der Waals surface area contributed by atoms with Crippen LogP contribution in [0.4, 0.5) is 0 Å². The van der Waals surface area contributed by atoms with E-state index in [1.807, 2.05) is 38.2 Å². The molecule has 0 bridgehead atoms. The number of hydrogen-bond donors (Lipinski definition) is 0. The summed E-state index contributed by atoms with van der Waals surface area (Å²) in [4.78, 5) is 4.38. The molecule has 0 radical (unpaired) electrons. The Morgan fingerprint density at radius 3 is 2.67 bits per heavy atom. The lowest BCUT2D eigenvalue weighted by atomic mass is 10.3. The quantitative estimate of drug-likeness (QED) is 0.336. The predicted molar refractivity (Wildman–Crippen MR) is 56.8 cm³/mol. The molecule has 0 saturated heterocycles. The Morgan fingerprint density at radius 2 is 2.08 bits per heavy atom. The molecule has 68 valence electrons. The smallest absolute Gasteiger partial charge is 0.0392 e. The molecule has 0 amide bonds. The topological polar surface area (TPSA) is 12.4 Å². The first kappa shape index (κ1) is 11.2. The maximum Gasteiger partial charge on any atom is 0.0392 e. The summed E-state index contributed by atoms with van der Waals surface area (Å²) in [6.45, 7) is 7.19. The van der Waals surface area contributed by atoms with Crippen molar-refractivity contribution in [2.45, 2.75) is 33.6 Å². The van der Waals surface area contributed by atoms with E-state index in [1.165, 1.54) is 12.8 Å². The molecular weight excluding hydrogens is 146 g/mol. The predicted octanol–water partition coefficient (Wildman–Crippen LogP) is 3.38. The summed E-state index contributed by atoms with van der Waals surface area (Å²) in [6, 6.07) is 0. The number of nitrogens with zero attached hydrogens (tertiary/aromatic N) is 1. The van der Waals surface area contributed by atoms with Crippen molar-refractivity contribution in [2.24, 2.45) is 4.99 Å². The molecule has 0 spiro atoms. The largest absolute Gasteiger partial charge is 0.290 e. The standard InChI is InChI=1S/C11H19N/c1-4-6-8-9-11(3)12-10-7-5-2/h4,6,8-9H,5,7,10H2,1-3H3. The van der Waals surface area contributed by atoms with Crippen molar-refractivity contribution in [3.8, 4) is 0 Å². The van der Waals surface area contributed by atoms with Gasteiger partial charge in [0.05, 0.1) is 0 Å². The average molecular weight is 165 g/mol. The van der Waals surface area contributed by atoms with Gasteiger partial charge in [0.2, 0.25) is 0 Å². The van der Waals surface area contributed by atoms with Gasteiger partial charge in [0.1, 0.15) is 0 Å². The molecule has 0 aromatic rings. The van der Waals surface area contributed by atoms with E-state index in [0.29, 0.717) is 0 Å². The van der Waals surface area contributed by atoms with Gasteiger partial charge < -0.3 is 0 Å². The van der Waals surface area contributed by atoms with Gasteiger partial charge in [0.15, 0.2) is 0 Å². The highest BCUT2D eigenvalue weighted by molar-refractivity contribution is 5.92. The van der Waals surface area contributed by atoms with Gasteiger partial charge >= 0.3 is 0 Å². The molecule has 12 heavy (non-hydrogen) atoms. The summed E-state index contributed by atoms with van der Waals surface area (Å²) in [5.41, 5.74) is 1.11. The van der Waals surface area contributed by atoms with E-state index in [4.69, 9.17) is 0 Å². The Morgan fingerprint density at radius 1 is 1.33 bits per heavy atom. The lowest BCUT2D eigenvalue weighted by Gasteiger charge is -1.91. The van der Waals surface area contributed by atoms with Gasteiger partial charge in [-0.1, -0.05) is 31.6 Å². The van der Waals surface area contributed by atoms with Gasteiger partial charge in [-0.15, -0.1) is 0 Å². The van der Waals surface area contributed by atoms with E-state index in [2.05, 4.69) is 11.9 Å². The molecule has 0 unspecified atom stereocenters. The van der Waals surface area contributed by atoms with Crippen molar-refractivity contribution in [3.63, 3.8) is 0 Å². The van der Waals surface area contributed by atoms with Crippen LogP contribution in [0.25, 0.3) is 0 Å². The molecule has 0 N–H and O–H groups in total. The highest BCUT2D eigenvalue weighted by Crippen LogP contribution is 1.89. The Kier molecular flexibility index (Phi) is 7.66. The molecule has 0 fully saturated rings. The second kappa shape index (κ2) is 8.25. The summed E-state index contributed by atoms with van der Waals surface area (Å²) in [5, 5.41) is 0. The third-order valence-electron chi connectivity index (χ3n) is 1.51. The first-order valence-corrected chi connectivity index (χ1v) is 4.61. The Hall–Kier alpha value is -0.850. The lowest BCUT2D eigenvalue weighted by molar-refractivity contribution is 0.808. The van der Waals surface area contributed by atoms with Crippen LogP contribution < -0.4 is 0 Å². The van der Waals surface area contributed by atoms with Crippen molar-refractivity contribution in [1.29, 1.82) is 0 Å². The Bertz CT molecular complexity index is 175. The maximum atomic E-state index is 4.38. The molecule has 1 nitrogen and oxygen atoms in total. The average Bonchev–Trinajstić information content (AvgIpc) is 2.06. The van der Waals surface area contributed by atoms with Crippen LogP contribution in [0.15, 0.2) is 29.3 Å². The van der Waals surface area contributed by atoms with Crippen LogP contribution in [-0.4, -0.2) is 12.3 Å². The fourth-order valence-electron chi connectivity index (χ4n) is 0.772. The summed E-state index contributed by atoms with van der Waals surface area (Å²) in [5.74, 6) is 0. The van der Waals surface area contributed by atoms with E-state index in [1.54, 1.807) is 0 Å². The van der Waals surface area contributed by atoms with E-state index in [9.17, 15) is 0 Å². The van der Waals surface area contributed by atoms with Gasteiger partial charge in [-0.3, -0.25) is 4.99 Å². The summed E-state index contributed by atoms with van der Waals surface area (Å²) in [7, 11) is 0. The van der Waals surface area contributed by atoms with E-state index in [0.717, 1.165) is 12.3 Å². The van der Waals surface area contributed by atoms with Crippen LogP contribution in [0.5, 0.6) is 0 Å². The SMILES string of the molecule is CC=CC=CC(C)=NCCCC. The number of rotatable bonds is 5. The van der Waals surface area contributed by atoms with Crippen LogP contribution in [-0.2, 0) is 0 Å². The number of aliphatic imine (C=N–C) groups is 1. The second-order valence-electron chi connectivity index (χ2n) is 2.76. The monoisotopic (exact) mass is 165 g/mol. The highest BCUT2D eigenvalue weighted by atomic mass is 14.7. The molecule has 0 aliphatic rings. The summed E-state index contributed by atoms with van der Waals surface area (Å²) >= 11 is 0. The van der Waals surface area contributed by atoms with Crippen LogP contribution in [0.1, 0.15) is 33.6 Å². The Labute approximate surface area is 75.9 Å². The molecule has 0 aliphatic heterocycles. The molecule has 0 atom stereocenters. The second-order valence-corrected chi connectivity index (χ2v) is 2.76. The van der Waals surface area contributed by atoms with Crippen LogP contribution in [0.3, 0.4) is 0 Å². The normalized spacial score (nSPS) is 13.4. The van der Waals surface area contributed by atoms with Crippen molar-refractivity contribution in [1.82, 2.24) is 0 Å². The highest BCUT2D eigenvalue weighted by Gasteiger charge is 1.82. The zero-order chi connectivity index (χ0) is 9.23. The number of allylic oxidation sites excluding steroid dienone is 4. The first-order valence-electron chi connectivity index (χ1n) is 4.61. The van der Waals surface area contributed by atoms with Crippen molar-refractivity contribution in [2.75, 3.05) is 6.54 Å². The first-order chi connectivity index (χ1) is 5.81. The van der Waals surface area contributed by atoms with E-state index in [-0.39, 0.29) is 0 Å². The molecule has 0 aliphatic carbocycles. The van der Waals surface area contributed by atoms with Gasteiger partial charge in [0, 0.05) is 12.3 Å². The third-order valence-corrected chi connectivity index (χ3v) is 1.51. The molecule has 0 saturated carbocycles. The van der Waals surface area contributed by atoms with E-state index < -0.39 is 0 Å². The molecule has 0 heterocycles.